The quantitative estimate of drug-likeness (QED) is 0.107. The summed E-state index contributed by atoms with van der Waals surface area (Å²) < 4.78 is 52.5. The lowest BCUT2D eigenvalue weighted by molar-refractivity contribution is -0.174. The number of carbonyl (C=O) groups is 2. The Hall–Kier alpha value is -3.90. The molecule has 0 saturated heterocycles. The summed E-state index contributed by atoms with van der Waals surface area (Å²) in [6.45, 7) is 5.30. The van der Waals surface area contributed by atoms with Crippen LogP contribution in [0.1, 0.15) is 81.3 Å². The number of nitrogens with one attached hydrogen (secondary N) is 1. The Labute approximate surface area is 336 Å². The van der Waals surface area contributed by atoms with Crippen LogP contribution in [0.4, 0.5) is 23.7 Å². The highest BCUT2D eigenvalue weighted by Crippen LogP contribution is 2.78. The molecule has 12 heteroatoms. The molecule has 1 heterocycles. The summed E-state index contributed by atoms with van der Waals surface area (Å²) in [6, 6.07) is 14.9. The SMILES string of the molecule is COCCCN(CC1(O)CCC2C34C=CC5(C=C3C(=O)c3ccc(-c6cc(C(F)(F)F)ccc6Cl)o3)CC(O)CCC5(C)C4CCC21C)C(=O)Nc1ccccc1. The molecule has 1 aromatic heterocycles. The van der Waals surface area contributed by atoms with Crippen LogP contribution in [-0.2, 0) is 10.9 Å². The number of para-hydroxylation sites is 1. The summed E-state index contributed by atoms with van der Waals surface area (Å²) in [5.41, 5.74) is -3.39. The molecule has 9 rings (SSSR count). The third kappa shape index (κ3) is 6.21. The van der Waals surface area contributed by atoms with E-state index in [1.54, 1.807) is 12.0 Å². The van der Waals surface area contributed by atoms with E-state index in [2.05, 4.69) is 37.4 Å². The first-order valence-corrected chi connectivity index (χ1v) is 20.3. The molecule has 3 fully saturated rings. The molecule has 3 saturated carbocycles. The number of urea groups is 1. The van der Waals surface area contributed by atoms with E-state index in [1.165, 1.54) is 18.2 Å². The number of carbonyl (C=O) groups excluding carboxylic acids is 2. The average Bonchev–Trinajstić information content (AvgIpc) is 3.77. The van der Waals surface area contributed by atoms with E-state index >= 15 is 4.79 Å². The second kappa shape index (κ2) is 14.1. The number of ketones is 1. The predicted octanol–water partition coefficient (Wildman–Crippen LogP) is 9.96. The number of rotatable bonds is 10. The molecule has 304 valence electrons. The van der Waals surface area contributed by atoms with Crippen molar-refractivity contribution in [3.8, 4) is 11.3 Å². The van der Waals surface area contributed by atoms with Gasteiger partial charge in [0.2, 0.25) is 5.78 Å². The molecule has 3 N–H and O–H groups in total. The Morgan fingerprint density at radius 1 is 0.982 bits per heavy atom. The van der Waals surface area contributed by atoms with E-state index in [9.17, 15) is 28.2 Å². The summed E-state index contributed by atoms with van der Waals surface area (Å²) >= 11 is 6.38. The fourth-order valence-electron chi connectivity index (χ4n) is 11.9. The number of allylic oxidation sites excluding steroid dienone is 4. The molecule has 2 spiro atoms. The monoisotopic (exact) mass is 806 g/mol. The number of anilines is 1. The van der Waals surface area contributed by atoms with Crippen molar-refractivity contribution in [3.05, 3.63) is 101 Å². The minimum absolute atomic E-state index is 0.00148. The van der Waals surface area contributed by atoms with Gasteiger partial charge in [-0.1, -0.05) is 61.9 Å². The van der Waals surface area contributed by atoms with Crippen LogP contribution in [0.3, 0.4) is 0 Å². The number of methoxy groups -OCH3 is 1. The van der Waals surface area contributed by atoms with Gasteiger partial charge in [-0.05, 0) is 111 Å². The number of alkyl halides is 3. The molecule has 8 nitrogen and oxygen atoms in total. The van der Waals surface area contributed by atoms with Gasteiger partial charge in [-0.15, -0.1) is 0 Å². The Morgan fingerprint density at radius 3 is 2.44 bits per heavy atom. The van der Waals surface area contributed by atoms with Gasteiger partial charge in [-0.2, -0.15) is 13.2 Å². The fraction of sp³-hybridized carbons (Fsp3) is 0.511. The average molecular weight is 807 g/mol. The number of ether oxygens (including phenoxy) is 1. The van der Waals surface area contributed by atoms with E-state index in [-0.39, 0.29) is 57.7 Å². The van der Waals surface area contributed by atoms with Crippen LogP contribution in [0, 0.1) is 33.5 Å². The minimum atomic E-state index is -4.60. The van der Waals surface area contributed by atoms with Gasteiger partial charge < -0.3 is 29.6 Å². The topological polar surface area (TPSA) is 112 Å². The van der Waals surface area contributed by atoms with Crippen LogP contribution in [0.5, 0.6) is 0 Å². The molecular formula is C45H50ClF3N2O6. The summed E-state index contributed by atoms with van der Waals surface area (Å²) in [4.78, 5) is 30.6. The van der Waals surface area contributed by atoms with Crippen LogP contribution in [-0.4, -0.2) is 65.4 Å². The number of furan rings is 1. The highest BCUT2D eigenvalue weighted by Gasteiger charge is 2.74. The van der Waals surface area contributed by atoms with Gasteiger partial charge in [-0.25, -0.2) is 4.79 Å². The Bertz CT molecular complexity index is 2120. The van der Waals surface area contributed by atoms with Gasteiger partial charge in [0.15, 0.2) is 5.76 Å². The Kier molecular flexibility index (Phi) is 9.90. The van der Waals surface area contributed by atoms with E-state index in [1.807, 2.05) is 30.3 Å². The Balaban J connectivity index is 1.18. The summed E-state index contributed by atoms with van der Waals surface area (Å²) in [5, 5.41) is 27.1. The minimum Gasteiger partial charge on any atom is -0.453 e. The lowest BCUT2D eigenvalue weighted by Crippen LogP contribution is -2.67. The third-order valence-electron chi connectivity index (χ3n) is 14.9. The van der Waals surface area contributed by atoms with Crippen molar-refractivity contribution >= 4 is 29.1 Å². The molecule has 0 aliphatic heterocycles. The van der Waals surface area contributed by atoms with Crippen molar-refractivity contribution in [2.45, 2.75) is 83.1 Å². The van der Waals surface area contributed by atoms with Gasteiger partial charge >= 0.3 is 12.2 Å². The van der Waals surface area contributed by atoms with Crippen LogP contribution >= 0.6 is 11.6 Å². The first-order valence-electron chi connectivity index (χ1n) is 20.0. The standard InChI is InChI=1S/C45H50ClF3N2O6/c1-40-17-14-30(52)25-42(40)20-21-44(32(26-42)38(53)35-13-12-34(57-35)31-24-28(45(47,48)49)10-11-33(31)46)36(40)15-18-41(2)37(44)16-19-43(41,55)27-51(22-7-23-56-3)39(54)50-29-8-5-4-6-9-29/h4-6,8-13,20-21,24,26,30,36-37,52,55H,7,14-19,22-23,25,27H2,1-3H3,(H,50,54). The van der Waals surface area contributed by atoms with E-state index in [0.29, 0.717) is 69.4 Å². The molecule has 3 aromatic rings. The first-order chi connectivity index (χ1) is 27.0. The zero-order valence-electron chi connectivity index (χ0n) is 32.5. The van der Waals surface area contributed by atoms with Crippen molar-refractivity contribution in [2.75, 3.05) is 32.1 Å². The van der Waals surface area contributed by atoms with Gasteiger partial charge in [0.1, 0.15) is 5.76 Å². The summed E-state index contributed by atoms with van der Waals surface area (Å²) in [5.74, 6) is -0.548. The van der Waals surface area contributed by atoms with Gasteiger partial charge in [0.25, 0.3) is 0 Å². The number of aliphatic hydroxyl groups excluding tert-OH is 1. The zero-order valence-corrected chi connectivity index (χ0v) is 33.3. The highest BCUT2D eigenvalue weighted by atomic mass is 35.5. The van der Waals surface area contributed by atoms with Crippen LogP contribution < -0.4 is 5.32 Å². The van der Waals surface area contributed by atoms with Crippen molar-refractivity contribution < 1.29 is 42.1 Å². The normalized spacial score (nSPS) is 33.9. The molecule has 0 radical (unpaired) electrons. The molecule has 8 atom stereocenters. The summed E-state index contributed by atoms with van der Waals surface area (Å²) in [7, 11) is 1.61. The molecule has 57 heavy (non-hydrogen) atoms. The van der Waals surface area contributed by atoms with E-state index < -0.39 is 39.7 Å². The predicted molar refractivity (Wildman–Crippen MR) is 211 cm³/mol. The second-order valence-electron chi connectivity index (χ2n) is 17.6. The number of aliphatic hydroxyl groups is 2. The second-order valence-corrected chi connectivity index (χ2v) is 18.0. The van der Waals surface area contributed by atoms with E-state index in [0.717, 1.165) is 18.6 Å². The highest BCUT2D eigenvalue weighted by molar-refractivity contribution is 6.33. The fourth-order valence-corrected chi connectivity index (χ4v) is 12.1. The van der Waals surface area contributed by atoms with Crippen LogP contribution in [0.2, 0.25) is 5.02 Å². The molecule has 2 bridgehead atoms. The smallest absolute Gasteiger partial charge is 0.416 e. The van der Waals surface area contributed by atoms with Gasteiger partial charge in [0.05, 0.1) is 28.8 Å². The lowest BCUT2D eigenvalue weighted by Gasteiger charge is -2.71. The summed E-state index contributed by atoms with van der Waals surface area (Å²) in [6.07, 6.45) is 6.15. The Morgan fingerprint density at radius 2 is 1.70 bits per heavy atom. The maximum atomic E-state index is 15.1. The first kappa shape index (κ1) is 39.9. The van der Waals surface area contributed by atoms with Gasteiger partial charge in [-0.3, -0.25) is 4.79 Å². The van der Waals surface area contributed by atoms with E-state index in [4.69, 9.17) is 20.8 Å². The number of halogens is 4. The largest absolute Gasteiger partial charge is 0.453 e. The molecule has 2 amide bonds. The molecule has 8 unspecified atom stereocenters. The van der Waals surface area contributed by atoms with Crippen molar-refractivity contribution in [1.82, 2.24) is 4.90 Å². The van der Waals surface area contributed by atoms with Crippen molar-refractivity contribution in [3.63, 3.8) is 0 Å². The number of benzene rings is 2. The number of amides is 2. The molecular weight excluding hydrogens is 757 g/mol. The molecule has 6 aliphatic carbocycles. The maximum absolute atomic E-state index is 15.1. The van der Waals surface area contributed by atoms with Crippen molar-refractivity contribution in [2.24, 2.45) is 33.5 Å². The zero-order chi connectivity index (χ0) is 40.6. The molecule has 2 aromatic carbocycles. The number of fused-ring (bicyclic) bond motifs is 1. The number of nitrogens with zero attached hydrogens (tertiary/aromatic N) is 1. The maximum Gasteiger partial charge on any atom is 0.416 e. The lowest BCUT2D eigenvalue weighted by atomic mass is 9.32. The van der Waals surface area contributed by atoms with Crippen LogP contribution in [0.15, 0.2) is 88.9 Å². The van der Waals surface area contributed by atoms with Crippen LogP contribution in [0.25, 0.3) is 11.3 Å². The number of Topliss-reactive ketones (excluding diaryl/α,β-unsaturated/α-hetero) is 1. The number of hydrogen-bond acceptors (Lipinski definition) is 6. The number of hydrogen-bond donors (Lipinski definition) is 3. The third-order valence-corrected chi connectivity index (χ3v) is 15.2. The molecule has 6 aliphatic rings. The van der Waals surface area contributed by atoms with Gasteiger partial charge in [0, 0.05) is 53.3 Å². The van der Waals surface area contributed by atoms with Crippen molar-refractivity contribution in [1.29, 1.82) is 0 Å².